The molecule has 2 aromatic heterocycles. The number of methoxy groups -OCH3 is 1. The average Bonchev–Trinajstić information content (AvgIpc) is 3.36. The summed E-state index contributed by atoms with van der Waals surface area (Å²) >= 11 is 0. The Morgan fingerprint density at radius 2 is 2.00 bits per heavy atom. The second-order valence-electron chi connectivity index (χ2n) is 9.77. The summed E-state index contributed by atoms with van der Waals surface area (Å²) in [5.41, 5.74) is 3.05. The van der Waals surface area contributed by atoms with Crippen LogP contribution in [0, 0.1) is 17.6 Å². The smallest absolute Gasteiger partial charge is 0.229 e. The molecule has 4 aromatic rings. The van der Waals surface area contributed by atoms with Crippen LogP contribution in [-0.4, -0.2) is 40.3 Å². The Labute approximate surface area is 219 Å². The van der Waals surface area contributed by atoms with Gasteiger partial charge < -0.3 is 24.3 Å². The molecular weight excluding hydrogens is 490 g/mol. The molecule has 0 saturated heterocycles. The van der Waals surface area contributed by atoms with Gasteiger partial charge in [0.25, 0.3) is 0 Å². The lowest BCUT2D eigenvalue weighted by molar-refractivity contribution is 0.262. The number of imidazole rings is 1. The van der Waals surface area contributed by atoms with Gasteiger partial charge in [-0.25, -0.2) is 18.7 Å². The first-order chi connectivity index (χ1) is 18.5. The lowest BCUT2D eigenvalue weighted by atomic mass is 9.82. The monoisotopic (exact) mass is 518 g/mol. The molecule has 1 unspecified atom stereocenters. The topological polar surface area (TPSA) is 77.3 Å². The molecule has 3 heterocycles. The molecule has 1 atom stereocenters. The van der Waals surface area contributed by atoms with Crippen LogP contribution in [0.4, 0.5) is 26.2 Å². The Morgan fingerprint density at radius 3 is 2.76 bits per heavy atom. The number of likely N-dealkylation sites (N-methyl/N-ethyl adjacent to an activating group) is 1. The summed E-state index contributed by atoms with van der Waals surface area (Å²) < 4.78 is 41.3. The third kappa shape index (κ3) is 4.62. The van der Waals surface area contributed by atoms with Crippen LogP contribution >= 0.6 is 0 Å². The summed E-state index contributed by atoms with van der Waals surface area (Å²) in [6, 6.07) is 8.84. The highest BCUT2D eigenvalue weighted by atomic mass is 19.1. The zero-order valence-corrected chi connectivity index (χ0v) is 21.2. The third-order valence-electron chi connectivity index (χ3n) is 7.33. The predicted molar refractivity (Wildman–Crippen MR) is 139 cm³/mol. The molecule has 1 aliphatic carbocycles. The van der Waals surface area contributed by atoms with E-state index in [1.165, 1.54) is 31.4 Å². The Balaban J connectivity index is 1.21. The highest BCUT2D eigenvalue weighted by molar-refractivity contribution is 5.64. The first-order valence-corrected chi connectivity index (χ1v) is 12.6. The molecule has 8 nitrogen and oxygen atoms in total. The number of hydrogen-bond donors (Lipinski definition) is 1. The van der Waals surface area contributed by atoms with Crippen molar-refractivity contribution in [3.05, 3.63) is 78.0 Å². The van der Waals surface area contributed by atoms with Gasteiger partial charge in [0.05, 0.1) is 37.1 Å². The third-order valence-corrected chi connectivity index (χ3v) is 7.33. The standard InChI is InChI=1S/C28H28F2N6O2/c1-35-24(21-8-6-18(29)11-22(21)30)15-38-26-13-31-28(34-27(26)35)33-19-7-9-23(25(12-19)37-2)36-14-20(32-16-36)10-17-4-3-5-17/h6-9,11-14,16-17,24H,3-5,10,15H2,1-2H3,(H,31,33,34). The second-order valence-corrected chi connectivity index (χ2v) is 9.77. The van der Waals surface area contributed by atoms with Gasteiger partial charge in [0.1, 0.15) is 24.0 Å². The molecule has 196 valence electrons. The molecule has 38 heavy (non-hydrogen) atoms. The van der Waals surface area contributed by atoms with Crippen molar-refractivity contribution in [2.45, 2.75) is 31.7 Å². The van der Waals surface area contributed by atoms with E-state index in [-0.39, 0.29) is 6.61 Å². The molecule has 0 amide bonds. The number of halogens is 2. The van der Waals surface area contributed by atoms with Crippen molar-refractivity contribution >= 4 is 17.5 Å². The maximum atomic E-state index is 14.5. The van der Waals surface area contributed by atoms with Gasteiger partial charge in [-0.3, -0.25) is 0 Å². The van der Waals surface area contributed by atoms with Crippen molar-refractivity contribution in [1.29, 1.82) is 0 Å². The van der Waals surface area contributed by atoms with E-state index in [0.717, 1.165) is 35.5 Å². The highest BCUT2D eigenvalue weighted by Crippen LogP contribution is 2.38. The van der Waals surface area contributed by atoms with Crippen molar-refractivity contribution in [3.8, 4) is 17.2 Å². The summed E-state index contributed by atoms with van der Waals surface area (Å²) in [5.74, 6) is 1.52. The number of rotatable bonds is 7. The molecule has 0 spiro atoms. The van der Waals surface area contributed by atoms with Gasteiger partial charge in [-0.15, -0.1) is 0 Å². The number of hydrogen-bond acceptors (Lipinski definition) is 7. The summed E-state index contributed by atoms with van der Waals surface area (Å²) in [7, 11) is 3.43. The normalized spacial score (nSPS) is 16.9. The second kappa shape index (κ2) is 9.92. The minimum Gasteiger partial charge on any atom is -0.494 e. The van der Waals surface area contributed by atoms with Gasteiger partial charge in [0.15, 0.2) is 11.6 Å². The maximum Gasteiger partial charge on any atom is 0.229 e. The molecule has 6 rings (SSSR count). The maximum absolute atomic E-state index is 14.5. The van der Waals surface area contributed by atoms with Crippen LogP contribution < -0.4 is 19.7 Å². The van der Waals surface area contributed by atoms with E-state index in [1.54, 1.807) is 20.4 Å². The number of fused-ring (bicyclic) bond motifs is 1. The number of nitrogens with zero attached hydrogens (tertiary/aromatic N) is 5. The van der Waals surface area contributed by atoms with Gasteiger partial charge in [-0.05, 0) is 30.5 Å². The van der Waals surface area contributed by atoms with Gasteiger partial charge in [-0.2, -0.15) is 4.98 Å². The fourth-order valence-electron chi connectivity index (χ4n) is 4.97. The zero-order chi connectivity index (χ0) is 26.2. The van der Waals surface area contributed by atoms with Crippen molar-refractivity contribution in [1.82, 2.24) is 19.5 Å². The van der Waals surface area contributed by atoms with E-state index in [1.807, 2.05) is 34.0 Å². The molecule has 1 aliphatic heterocycles. The van der Waals surface area contributed by atoms with Crippen molar-refractivity contribution in [2.75, 3.05) is 31.0 Å². The van der Waals surface area contributed by atoms with Crippen LogP contribution in [0.5, 0.6) is 11.5 Å². The van der Waals surface area contributed by atoms with E-state index in [2.05, 4.69) is 26.5 Å². The first kappa shape index (κ1) is 24.1. The van der Waals surface area contributed by atoms with Gasteiger partial charge in [0.2, 0.25) is 5.95 Å². The Bertz CT molecular complexity index is 1470. The van der Waals surface area contributed by atoms with Crippen LogP contribution in [0.15, 0.2) is 55.1 Å². The SMILES string of the molecule is COc1cc(Nc2ncc3c(n2)N(C)C(c2ccc(F)cc2F)CO3)ccc1-n1cnc(CC2CCC2)c1. The lowest BCUT2D eigenvalue weighted by Crippen LogP contribution is -2.35. The molecule has 1 fully saturated rings. The van der Waals surface area contributed by atoms with Crippen LogP contribution in [0.1, 0.15) is 36.6 Å². The van der Waals surface area contributed by atoms with Crippen LogP contribution in [-0.2, 0) is 6.42 Å². The van der Waals surface area contributed by atoms with Gasteiger partial charge in [0, 0.05) is 36.6 Å². The van der Waals surface area contributed by atoms with E-state index in [9.17, 15) is 8.78 Å². The summed E-state index contributed by atoms with van der Waals surface area (Å²) in [5, 5.41) is 3.21. The molecule has 1 saturated carbocycles. The van der Waals surface area contributed by atoms with Gasteiger partial charge in [-0.1, -0.05) is 25.3 Å². The number of nitrogens with one attached hydrogen (secondary N) is 1. The molecule has 2 aromatic carbocycles. The Morgan fingerprint density at radius 1 is 1.13 bits per heavy atom. The van der Waals surface area contributed by atoms with Crippen molar-refractivity contribution < 1.29 is 18.3 Å². The number of anilines is 3. The molecular formula is C28H28F2N6O2. The first-order valence-electron chi connectivity index (χ1n) is 12.6. The number of benzene rings is 2. The van der Waals surface area contributed by atoms with Crippen molar-refractivity contribution in [3.63, 3.8) is 0 Å². The zero-order valence-electron chi connectivity index (χ0n) is 21.2. The molecule has 10 heteroatoms. The molecule has 2 aliphatic rings. The van der Waals surface area contributed by atoms with Crippen LogP contribution in [0.2, 0.25) is 0 Å². The number of aromatic nitrogens is 4. The predicted octanol–water partition coefficient (Wildman–Crippen LogP) is 5.61. The Kier molecular flexibility index (Phi) is 6.30. The van der Waals surface area contributed by atoms with Crippen LogP contribution in [0.3, 0.4) is 0 Å². The Hall–Kier alpha value is -4.21. The summed E-state index contributed by atoms with van der Waals surface area (Å²) in [6.07, 6.45) is 10.4. The van der Waals surface area contributed by atoms with Gasteiger partial charge >= 0.3 is 0 Å². The molecule has 0 radical (unpaired) electrons. The lowest BCUT2D eigenvalue weighted by Gasteiger charge is -2.35. The largest absolute Gasteiger partial charge is 0.494 e. The molecule has 1 N–H and O–H groups in total. The minimum absolute atomic E-state index is 0.192. The fraction of sp³-hybridized carbons (Fsp3) is 0.321. The minimum atomic E-state index is -0.624. The quantitative estimate of drug-likeness (QED) is 0.341. The van der Waals surface area contributed by atoms with E-state index >= 15 is 0 Å². The van der Waals surface area contributed by atoms with Crippen LogP contribution in [0.25, 0.3) is 5.69 Å². The highest BCUT2D eigenvalue weighted by Gasteiger charge is 2.30. The average molecular weight is 519 g/mol. The van der Waals surface area contributed by atoms with Crippen molar-refractivity contribution in [2.24, 2.45) is 5.92 Å². The summed E-state index contributed by atoms with van der Waals surface area (Å²) in [6.45, 7) is 0.192. The van der Waals surface area contributed by atoms with E-state index < -0.39 is 17.7 Å². The number of ether oxygens (including phenoxy) is 2. The van der Waals surface area contributed by atoms with E-state index in [4.69, 9.17) is 9.47 Å². The summed E-state index contributed by atoms with van der Waals surface area (Å²) in [4.78, 5) is 15.4. The molecule has 0 bridgehead atoms. The van der Waals surface area contributed by atoms with E-state index in [0.29, 0.717) is 28.8 Å². The fourth-order valence-corrected chi connectivity index (χ4v) is 4.97.